The van der Waals surface area contributed by atoms with E-state index in [1.165, 1.54) is 24.0 Å². The summed E-state index contributed by atoms with van der Waals surface area (Å²) in [5.74, 6) is 0.665. The third-order valence-corrected chi connectivity index (χ3v) is 3.94. The van der Waals surface area contributed by atoms with E-state index < -0.39 is 0 Å². The molecule has 0 spiro atoms. The lowest BCUT2D eigenvalue weighted by molar-refractivity contribution is 0.216. The third-order valence-electron chi connectivity index (χ3n) is 3.94. The molecule has 1 fully saturated rings. The molecule has 0 heteroatoms. The highest BCUT2D eigenvalue weighted by molar-refractivity contribution is 5.50. The molecule has 2 aliphatic carbocycles. The Balaban J connectivity index is 2.15. The number of rotatable bonds is 0. The molecule has 0 saturated heterocycles. The lowest BCUT2D eigenvalue weighted by atomic mass is 9.59. The molecule has 2 aliphatic rings. The monoisotopic (exact) mass is 184 g/mol. The molecule has 3 rings (SSSR count). The highest BCUT2D eigenvalue weighted by Crippen LogP contribution is 2.62. The molecule has 0 nitrogen and oxygen atoms in total. The maximum Gasteiger partial charge on any atom is 0.0108 e. The second-order valence-corrected chi connectivity index (χ2v) is 5.30. The summed E-state index contributed by atoms with van der Waals surface area (Å²) in [4.78, 5) is 0. The van der Waals surface area contributed by atoms with E-state index in [1.54, 1.807) is 11.1 Å². The summed E-state index contributed by atoms with van der Waals surface area (Å²) in [7, 11) is 0. The van der Waals surface area contributed by atoms with Crippen molar-refractivity contribution in [1.82, 2.24) is 0 Å². The van der Waals surface area contributed by atoms with E-state index in [-0.39, 0.29) is 0 Å². The molecule has 0 heterocycles. The van der Waals surface area contributed by atoms with E-state index in [0.717, 1.165) is 0 Å². The smallest absolute Gasteiger partial charge is 0.0108 e. The van der Waals surface area contributed by atoms with Crippen LogP contribution in [0.5, 0.6) is 0 Å². The van der Waals surface area contributed by atoms with E-state index in [0.29, 0.717) is 11.3 Å². The van der Waals surface area contributed by atoms with E-state index in [1.807, 2.05) is 0 Å². The Morgan fingerprint density at radius 1 is 1.36 bits per heavy atom. The van der Waals surface area contributed by atoms with Gasteiger partial charge in [0.05, 0.1) is 0 Å². The average molecular weight is 184 g/mol. The van der Waals surface area contributed by atoms with Crippen molar-refractivity contribution in [2.75, 3.05) is 0 Å². The molecule has 0 N–H and O–H groups in total. The predicted octanol–water partition coefficient (Wildman–Crippen LogP) is 3.60. The van der Waals surface area contributed by atoms with Gasteiger partial charge in [0, 0.05) is 5.92 Å². The van der Waals surface area contributed by atoms with Gasteiger partial charge >= 0.3 is 0 Å². The number of hydrogen-bond acceptors (Lipinski definition) is 0. The zero-order valence-corrected chi connectivity index (χ0v) is 8.93. The van der Waals surface area contributed by atoms with Crippen molar-refractivity contribution >= 4 is 0 Å². The van der Waals surface area contributed by atoms with Crippen LogP contribution in [0.1, 0.15) is 36.0 Å². The molecule has 0 aliphatic heterocycles. The van der Waals surface area contributed by atoms with Gasteiger partial charge in [0.25, 0.3) is 0 Å². The topological polar surface area (TPSA) is 0 Å². The number of benzene rings is 1. The fourth-order valence-electron chi connectivity index (χ4n) is 3.45. The molecular weight excluding hydrogens is 168 g/mol. The van der Waals surface area contributed by atoms with Gasteiger partial charge in [0.1, 0.15) is 0 Å². The van der Waals surface area contributed by atoms with Crippen LogP contribution >= 0.6 is 0 Å². The first-order chi connectivity index (χ1) is 6.60. The SMILES string of the molecule is C=C1CC2(C)Cc3cc(C)ccc3C12. The second-order valence-electron chi connectivity index (χ2n) is 5.30. The first-order valence-electron chi connectivity index (χ1n) is 5.37. The Labute approximate surface area is 85.6 Å². The predicted molar refractivity (Wildman–Crippen MR) is 59.5 cm³/mol. The lowest BCUT2D eigenvalue weighted by Gasteiger charge is -2.44. The quantitative estimate of drug-likeness (QED) is 0.540. The molecule has 0 amide bonds. The summed E-state index contributed by atoms with van der Waals surface area (Å²) in [5.41, 5.74) is 6.45. The van der Waals surface area contributed by atoms with Gasteiger partial charge in [-0.3, -0.25) is 0 Å². The van der Waals surface area contributed by atoms with Crippen molar-refractivity contribution in [3.8, 4) is 0 Å². The van der Waals surface area contributed by atoms with Crippen LogP contribution in [0.15, 0.2) is 30.4 Å². The van der Waals surface area contributed by atoms with Crippen molar-refractivity contribution in [3.63, 3.8) is 0 Å². The van der Waals surface area contributed by atoms with Gasteiger partial charge in [-0.15, -0.1) is 0 Å². The van der Waals surface area contributed by atoms with Crippen LogP contribution in [0, 0.1) is 12.3 Å². The van der Waals surface area contributed by atoms with Gasteiger partial charge in [-0.2, -0.15) is 0 Å². The fraction of sp³-hybridized carbons (Fsp3) is 0.429. The molecular formula is C14H16. The molecule has 2 atom stereocenters. The summed E-state index contributed by atoms with van der Waals surface area (Å²) in [5, 5.41) is 0. The second kappa shape index (κ2) is 2.31. The van der Waals surface area contributed by atoms with Crippen LogP contribution in [-0.2, 0) is 6.42 Å². The fourth-order valence-corrected chi connectivity index (χ4v) is 3.45. The largest absolute Gasteiger partial charge is 0.0992 e. The van der Waals surface area contributed by atoms with E-state index >= 15 is 0 Å². The summed E-state index contributed by atoms with van der Waals surface area (Å²) in [6.07, 6.45) is 2.49. The number of hydrogen-bond donors (Lipinski definition) is 0. The van der Waals surface area contributed by atoms with Gasteiger partial charge in [-0.05, 0) is 36.3 Å². The molecule has 2 unspecified atom stereocenters. The zero-order valence-electron chi connectivity index (χ0n) is 8.93. The van der Waals surface area contributed by atoms with Crippen LogP contribution in [0.25, 0.3) is 0 Å². The van der Waals surface area contributed by atoms with Crippen LogP contribution < -0.4 is 0 Å². The summed E-state index contributed by atoms with van der Waals surface area (Å²) in [6.45, 7) is 8.75. The standard InChI is InChI=1S/C14H16/c1-9-4-5-12-11(6-9)8-14(3)7-10(2)13(12)14/h4-6,13H,2,7-8H2,1,3H3. The lowest BCUT2D eigenvalue weighted by Crippen LogP contribution is -2.34. The van der Waals surface area contributed by atoms with Crippen molar-refractivity contribution in [2.24, 2.45) is 5.41 Å². The molecule has 0 radical (unpaired) electrons. The van der Waals surface area contributed by atoms with Gasteiger partial charge in [0.15, 0.2) is 0 Å². The van der Waals surface area contributed by atoms with Crippen LogP contribution in [0.4, 0.5) is 0 Å². The van der Waals surface area contributed by atoms with Crippen molar-refractivity contribution in [3.05, 3.63) is 47.0 Å². The van der Waals surface area contributed by atoms with Crippen LogP contribution in [-0.4, -0.2) is 0 Å². The number of allylic oxidation sites excluding steroid dienone is 1. The molecule has 1 saturated carbocycles. The molecule has 72 valence electrons. The number of aryl methyl sites for hydroxylation is 1. The molecule has 0 aromatic heterocycles. The minimum Gasteiger partial charge on any atom is -0.0992 e. The Hall–Kier alpha value is -1.04. The Bertz CT molecular complexity index is 428. The highest BCUT2D eigenvalue weighted by Gasteiger charge is 2.51. The summed E-state index contributed by atoms with van der Waals surface area (Å²) < 4.78 is 0. The molecule has 0 bridgehead atoms. The Kier molecular flexibility index (Phi) is 1.36. The summed E-state index contributed by atoms with van der Waals surface area (Å²) in [6, 6.07) is 6.90. The van der Waals surface area contributed by atoms with Gasteiger partial charge in [0.2, 0.25) is 0 Å². The Morgan fingerprint density at radius 3 is 2.86 bits per heavy atom. The van der Waals surface area contributed by atoms with Crippen LogP contribution in [0.3, 0.4) is 0 Å². The molecule has 1 aromatic rings. The van der Waals surface area contributed by atoms with E-state index in [9.17, 15) is 0 Å². The zero-order chi connectivity index (χ0) is 9.92. The molecule has 1 aromatic carbocycles. The molecule has 14 heavy (non-hydrogen) atoms. The first kappa shape index (κ1) is 8.28. The van der Waals surface area contributed by atoms with Gasteiger partial charge in [-0.25, -0.2) is 0 Å². The number of fused-ring (bicyclic) bond motifs is 3. The van der Waals surface area contributed by atoms with Crippen molar-refractivity contribution in [1.29, 1.82) is 0 Å². The Morgan fingerprint density at radius 2 is 2.14 bits per heavy atom. The van der Waals surface area contributed by atoms with Crippen LogP contribution in [0.2, 0.25) is 0 Å². The maximum absolute atomic E-state index is 4.17. The minimum atomic E-state index is 0.507. The maximum atomic E-state index is 4.17. The van der Waals surface area contributed by atoms with E-state index in [2.05, 4.69) is 38.6 Å². The van der Waals surface area contributed by atoms with Gasteiger partial charge in [-0.1, -0.05) is 42.8 Å². The highest BCUT2D eigenvalue weighted by atomic mass is 14.5. The van der Waals surface area contributed by atoms with Gasteiger partial charge < -0.3 is 0 Å². The summed E-state index contributed by atoms with van der Waals surface area (Å²) >= 11 is 0. The normalized spacial score (nSPS) is 33.6. The van der Waals surface area contributed by atoms with Crippen molar-refractivity contribution < 1.29 is 0 Å². The minimum absolute atomic E-state index is 0.507. The van der Waals surface area contributed by atoms with Crippen molar-refractivity contribution in [2.45, 2.75) is 32.6 Å². The first-order valence-corrected chi connectivity index (χ1v) is 5.37. The third kappa shape index (κ3) is 0.841. The van der Waals surface area contributed by atoms with E-state index in [4.69, 9.17) is 0 Å². The average Bonchev–Trinajstić information content (AvgIpc) is 2.30.